The maximum absolute atomic E-state index is 11.1. The quantitative estimate of drug-likeness (QED) is 0.598. The summed E-state index contributed by atoms with van der Waals surface area (Å²) in [6.45, 7) is 2.05. The fraction of sp³-hybridized carbons (Fsp3) is 0.167. The topological polar surface area (TPSA) is 50.1 Å². The van der Waals surface area contributed by atoms with Gasteiger partial charge in [-0.05, 0) is 24.6 Å². The molecule has 0 spiro atoms. The lowest BCUT2D eigenvalue weighted by Gasteiger charge is -1.99. The fourth-order valence-electron chi connectivity index (χ4n) is 1.15. The normalized spacial score (nSPS) is 10.1. The number of ether oxygens (including phenoxy) is 1. The van der Waals surface area contributed by atoms with Crippen molar-refractivity contribution in [1.29, 1.82) is 5.26 Å². The van der Waals surface area contributed by atoms with Gasteiger partial charge in [-0.1, -0.05) is 23.7 Å². The van der Waals surface area contributed by atoms with Crippen molar-refractivity contribution in [2.24, 2.45) is 0 Å². The zero-order valence-corrected chi connectivity index (χ0v) is 9.49. The molecular weight excluding hydrogens is 226 g/mol. The van der Waals surface area contributed by atoms with Crippen molar-refractivity contribution in [2.45, 2.75) is 6.92 Å². The maximum atomic E-state index is 11.1. The summed E-state index contributed by atoms with van der Waals surface area (Å²) in [6, 6.07) is 7.04. The minimum Gasteiger partial charge on any atom is -0.463 e. The van der Waals surface area contributed by atoms with E-state index >= 15 is 0 Å². The Morgan fingerprint density at radius 2 is 2.38 bits per heavy atom. The first-order chi connectivity index (χ1) is 7.69. The van der Waals surface area contributed by atoms with Crippen LogP contribution in [-0.2, 0) is 9.53 Å². The van der Waals surface area contributed by atoms with E-state index in [1.54, 1.807) is 25.1 Å². The van der Waals surface area contributed by atoms with Crippen molar-refractivity contribution in [3.8, 4) is 6.07 Å². The van der Waals surface area contributed by atoms with Gasteiger partial charge in [0, 0.05) is 6.08 Å². The Bertz CT molecular complexity index is 461. The van der Waals surface area contributed by atoms with Crippen LogP contribution in [0.1, 0.15) is 18.1 Å². The molecule has 0 amide bonds. The molecule has 0 saturated carbocycles. The van der Waals surface area contributed by atoms with Gasteiger partial charge < -0.3 is 4.74 Å². The number of hydrogen-bond donors (Lipinski definition) is 0. The zero-order chi connectivity index (χ0) is 12.0. The standard InChI is InChI=1S/C12H10ClNO2/c1-2-16-12(15)7-6-9-4-3-5-11(13)10(9)8-14/h3-7H,2H2,1H3. The predicted octanol–water partition coefficient (Wildman–Crippen LogP) is 2.79. The van der Waals surface area contributed by atoms with E-state index < -0.39 is 5.97 Å². The largest absolute Gasteiger partial charge is 0.463 e. The third-order valence-electron chi connectivity index (χ3n) is 1.84. The van der Waals surface area contributed by atoms with Crippen LogP contribution in [-0.4, -0.2) is 12.6 Å². The highest BCUT2D eigenvalue weighted by atomic mass is 35.5. The molecule has 4 heteroatoms. The van der Waals surface area contributed by atoms with Crippen LogP contribution < -0.4 is 0 Å². The molecule has 0 aliphatic heterocycles. The number of nitriles is 1. The third kappa shape index (κ3) is 3.11. The van der Waals surface area contributed by atoms with E-state index in [1.807, 2.05) is 6.07 Å². The molecule has 0 bridgehead atoms. The Kier molecular flexibility index (Phi) is 4.56. The Morgan fingerprint density at radius 3 is 3.00 bits per heavy atom. The molecule has 1 rings (SSSR count). The van der Waals surface area contributed by atoms with Gasteiger partial charge in [0.05, 0.1) is 17.2 Å². The minimum atomic E-state index is -0.439. The second-order valence-electron chi connectivity index (χ2n) is 2.90. The molecule has 0 fully saturated rings. The molecule has 0 aliphatic carbocycles. The SMILES string of the molecule is CCOC(=O)C=Cc1cccc(Cl)c1C#N. The Hall–Kier alpha value is -1.79. The van der Waals surface area contributed by atoms with E-state index in [9.17, 15) is 4.79 Å². The molecule has 0 unspecified atom stereocenters. The van der Waals surface area contributed by atoms with Crippen LogP contribution in [0.15, 0.2) is 24.3 Å². The first kappa shape index (κ1) is 12.3. The summed E-state index contributed by atoms with van der Waals surface area (Å²) < 4.78 is 4.73. The lowest BCUT2D eigenvalue weighted by Crippen LogP contribution is -1.98. The van der Waals surface area contributed by atoms with E-state index in [-0.39, 0.29) is 0 Å². The summed E-state index contributed by atoms with van der Waals surface area (Å²) >= 11 is 5.83. The predicted molar refractivity (Wildman–Crippen MR) is 61.8 cm³/mol. The van der Waals surface area contributed by atoms with Crippen LogP contribution in [0.4, 0.5) is 0 Å². The van der Waals surface area contributed by atoms with E-state index in [4.69, 9.17) is 21.6 Å². The Balaban J connectivity index is 2.94. The molecule has 0 heterocycles. The second kappa shape index (κ2) is 5.94. The number of nitrogens with zero attached hydrogens (tertiary/aromatic N) is 1. The molecule has 0 aliphatic rings. The average molecular weight is 236 g/mol. The summed E-state index contributed by atoms with van der Waals surface area (Å²) in [5, 5.41) is 9.25. The number of carbonyl (C=O) groups is 1. The van der Waals surface area contributed by atoms with Gasteiger partial charge in [-0.3, -0.25) is 0 Å². The summed E-state index contributed by atoms with van der Waals surface area (Å²) in [5.74, 6) is -0.439. The average Bonchev–Trinajstić information content (AvgIpc) is 2.27. The lowest BCUT2D eigenvalue weighted by atomic mass is 10.1. The van der Waals surface area contributed by atoms with Gasteiger partial charge in [0.2, 0.25) is 0 Å². The monoisotopic (exact) mass is 235 g/mol. The van der Waals surface area contributed by atoms with Crippen molar-refractivity contribution in [2.75, 3.05) is 6.61 Å². The molecular formula is C12H10ClNO2. The molecule has 3 nitrogen and oxygen atoms in total. The summed E-state index contributed by atoms with van der Waals surface area (Å²) in [7, 11) is 0. The summed E-state index contributed by atoms with van der Waals surface area (Å²) in [6.07, 6.45) is 2.79. The number of benzene rings is 1. The number of hydrogen-bond acceptors (Lipinski definition) is 3. The van der Waals surface area contributed by atoms with Gasteiger partial charge in [-0.15, -0.1) is 0 Å². The molecule has 0 atom stereocenters. The summed E-state index contributed by atoms with van der Waals surface area (Å²) in [5.41, 5.74) is 0.952. The van der Waals surface area contributed by atoms with Crippen molar-refractivity contribution in [3.05, 3.63) is 40.4 Å². The van der Waals surface area contributed by atoms with Crippen molar-refractivity contribution >= 4 is 23.6 Å². The highest BCUT2D eigenvalue weighted by Gasteiger charge is 2.03. The zero-order valence-electron chi connectivity index (χ0n) is 8.74. The first-order valence-electron chi connectivity index (χ1n) is 4.72. The van der Waals surface area contributed by atoms with Crippen LogP contribution in [0, 0.1) is 11.3 Å². The minimum absolute atomic E-state index is 0.323. The molecule has 0 N–H and O–H groups in total. The molecule has 16 heavy (non-hydrogen) atoms. The van der Waals surface area contributed by atoms with Crippen LogP contribution in [0.5, 0.6) is 0 Å². The van der Waals surface area contributed by atoms with Crippen LogP contribution in [0.2, 0.25) is 5.02 Å². The smallest absolute Gasteiger partial charge is 0.330 e. The van der Waals surface area contributed by atoms with Crippen LogP contribution in [0.25, 0.3) is 6.08 Å². The number of esters is 1. The molecule has 0 aromatic heterocycles. The lowest BCUT2D eigenvalue weighted by molar-refractivity contribution is -0.137. The maximum Gasteiger partial charge on any atom is 0.330 e. The molecule has 82 valence electrons. The third-order valence-corrected chi connectivity index (χ3v) is 2.16. The number of rotatable bonds is 3. The second-order valence-corrected chi connectivity index (χ2v) is 3.31. The van der Waals surface area contributed by atoms with Gasteiger partial charge in [-0.25, -0.2) is 4.79 Å². The van der Waals surface area contributed by atoms with E-state index in [0.29, 0.717) is 22.8 Å². The van der Waals surface area contributed by atoms with Gasteiger partial charge in [0.25, 0.3) is 0 Å². The molecule has 1 aromatic rings. The van der Waals surface area contributed by atoms with Gasteiger partial charge in [0.15, 0.2) is 0 Å². The van der Waals surface area contributed by atoms with E-state index in [0.717, 1.165) is 0 Å². The van der Waals surface area contributed by atoms with Crippen LogP contribution >= 0.6 is 11.6 Å². The van der Waals surface area contributed by atoms with E-state index in [2.05, 4.69) is 0 Å². The van der Waals surface area contributed by atoms with Crippen LogP contribution in [0.3, 0.4) is 0 Å². The van der Waals surface area contributed by atoms with Crippen molar-refractivity contribution in [3.63, 3.8) is 0 Å². The van der Waals surface area contributed by atoms with Crippen molar-refractivity contribution < 1.29 is 9.53 Å². The van der Waals surface area contributed by atoms with Gasteiger partial charge in [0.1, 0.15) is 6.07 Å². The highest BCUT2D eigenvalue weighted by molar-refractivity contribution is 6.32. The number of carbonyl (C=O) groups excluding carboxylic acids is 1. The molecule has 1 aromatic carbocycles. The van der Waals surface area contributed by atoms with E-state index in [1.165, 1.54) is 12.2 Å². The Morgan fingerprint density at radius 1 is 1.62 bits per heavy atom. The molecule has 0 radical (unpaired) electrons. The number of halogens is 1. The van der Waals surface area contributed by atoms with Gasteiger partial charge >= 0.3 is 5.97 Å². The van der Waals surface area contributed by atoms with Gasteiger partial charge in [-0.2, -0.15) is 5.26 Å². The molecule has 0 saturated heterocycles. The highest BCUT2D eigenvalue weighted by Crippen LogP contribution is 2.19. The first-order valence-corrected chi connectivity index (χ1v) is 5.10. The van der Waals surface area contributed by atoms with Crippen molar-refractivity contribution in [1.82, 2.24) is 0 Å². The fourth-order valence-corrected chi connectivity index (χ4v) is 1.37. The Labute approximate surface area is 98.9 Å². The summed E-state index contributed by atoms with van der Waals surface area (Å²) in [4.78, 5) is 11.1.